The Morgan fingerprint density at radius 1 is 1.24 bits per heavy atom. The first-order valence-corrected chi connectivity index (χ1v) is 7.72. The molecule has 0 aliphatic carbocycles. The highest BCUT2D eigenvalue weighted by atomic mass is 16.2. The Hall–Kier alpha value is -1.78. The maximum Gasteiger partial charge on any atom is 0.319 e. The highest BCUT2D eigenvalue weighted by Crippen LogP contribution is 2.40. The van der Waals surface area contributed by atoms with Gasteiger partial charge in [-0.2, -0.15) is 0 Å². The second kappa shape index (κ2) is 5.54. The fraction of sp³-hybridized carbons (Fsp3) is 0.625. The van der Waals surface area contributed by atoms with Gasteiger partial charge in [-0.1, -0.05) is 6.07 Å². The van der Waals surface area contributed by atoms with Gasteiger partial charge in [0.15, 0.2) is 0 Å². The maximum atomic E-state index is 12.1. The molecule has 1 atom stereocenters. The van der Waals surface area contributed by atoms with Gasteiger partial charge in [0.25, 0.3) is 0 Å². The second-order valence-electron chi connectivity index (χ2n) is 6.56. The van der Waals surface area contributed by atoms with E-state index in [9.17, 15) is 4.79 Å². The minimum Gasteiger partial charge on any atom is -0.356 e. The van der Waals surface area contributed by atoms with Crippen molar-refractivity contribution in [1.29, 1.82) is 0 Å². The van der Waals surface area contributed by atoms with Crippen molar-refractivity contribution in [3.8, 4) is 0 Å². The van der Waals surface area contributed by atoms with Crippen molar-refractivity contribution in [3.05, 3.63) is 24.4 Å². The lowest BCUT2D eigenvalue weighted by Crippen LogP contribution is -2.46. The van der Waals surface area contributed by atoms with Gasteiger partial charge in [0.05, 0.1) is 0 Å². The number of urea groups is 1. The summed E-state index contributed by atoms with van der Waals surface area (Å²) in [6.45, 7) is 3.85. The predicted molar refractivity (Wildman–Crippen MR) is 83.4 cm³/mol. The van der Waals surface area contributed by atoms with Gasteiger partial charge in [-0.3, -0.25) is 0 Å². The zero-order valence-electron chi connectivity index (χ0n) is 13.0. The van der Waals surface area contributed by atoms with Crippen LogP contribution in [-0.4, -0.2) is 61.1 Å². The number of pyridine rings is 1. The summed E-state index contributed by atoms with van der Waals surface area (Å²) >= 11 is 0. The number of amides is 2. The predicted octanol–water partition coefficient (Wildman–Crippen LogP) is 2.06. The quantitative estimate of drug-likeness (QED) is 0.794. The van der Waals surface area contributed by atoms with Gasteiger partial charge in [-0.05, 0) is 31.4 Å². The molecular weight excluding hydrogens is 264 g/mol. The van der Waals surface area contributed by atoms with Crippen molar-refractivity contribution in [1.82, 2.24) is 14.8 Å². The first-order chi connectivity index (χ1) is 10.1. The highest BCUT2D eigenvalue weighted by molar-refractivity contribution is 5.74. The zero-order chi connectivity index (χ0) is 14.9. The SMILES string of the molecule is CN(C)C(=O)N1CC[C@@]2(CCCN(c3ccccn3)C2)C1. The second-order valence-corrected chi connectivity index (χ2v) is 6.56. The van der Waals surface area contributed by atoms with Crippen LogP contribution in [-0.2, 0) is 0 Å². The van der Waals surface area contributed by atoms with Crippen LogP contribution in [0.5, 0.6) is 0 Å². The third-order valence-electron chi connectivity index (χ3n) is 4.73. The van der Waals surface area contributed by atoms with E-state index in [2.05, 4.69) is 16.0 Å². The standard InChI is InChI=1S/C16H24N4O/c1-18(2)15(21)20-11-8-16(13-20)7-5-10-19(12-16)14-6-3-4-9-17-14/h3-4,6,9H,5,7-8,10-13H2,1-2H3/t16-/m1/s1. The summed E-state index contributed by atoms with van der Waals surface area (Å²) < 4.78 is 0. The highest BCUT2D eigenvalue weighted by Gasteiger charge is 2.43. The maximum absolute atomic E-state index is 12.1. The first-order valence-electron chi connectivity index (χ1n) is 7.72. The van der Waals surface area contributed by atoms with E-state index in [-0.39, 0.29) is 11.4 Å². The summed E-state index contributed by atoms with van der Waals surface area (Å²) in [6.07, 6.45) is 5.36. The van der Waals surface area contributed by atoms with Gasteiger partial charge in [0, 0.05) is 51.9 Å². The lowest BCUT2D eigenvalue weighted by atomic mass is 9.79. The summed E-state index contributed by atoms with van der Waals surface area (Å²) in [7, 11) is 3.66. The van der Waals surface area contributed by atoms with E-state index in [1.54, 1.807) is 4.90 Å². The molecule has 5 heteroatoms. The molecule has 5 nitrogen and oxygen atoms in total. The minimum absolute atomic E-state index is 0.141. The molecule has 0 saturated carbocycles. The van der Waals surface area contributed by atoms with Crippen LogP contribution in [0.1, 0.15) is 19.3 Å². The number of piperidine rings is 1. The van der Waals surface area contributed by atoms with Crippen LogP contribution >= 0.6 is 0 Å². The fourth-order valence-corrected chi connectivity index (χ4v) is 3.66. The molecule has 0 unspecified atom stereocenters. The topological polar surface area (TPSA) is 39.7 Å². The summed E-state index contributed by atoms with van der Waals surface area (Å²) in [5, 5.41) is 0. The van der Waals surface area contributed by atoms with Crippen LogP contribution in [0, 0.1) is 5.41 Å². The van der Waals surface area contributed by atoms with Gasteiger partial charge in [-0.15, -0.1) is 0 Å². The summed E-state index contributed by atoms with van der Waals surface area (Å²) in [5.41, 5.74) is 0.251. The molecule has 114 valence electrons. The lowest BCUT2D eigenvalue weighted by molar-refractivity contribution is 0.169. The molecule has 21 heavy (non-hydrogen) atoms. The Labute approximate surface area is 126 Å². The molecule has 1 aromatic rings. The van der Waals surface area contributed by atoms with Crippen molar-refractivity contribution in [2.45, 2.75) is 19.3 Å². The first kappa shape index (κ1) is 14.2. The van der Waals surface area contributed by atoms with Crippen LogP contribution in [0.15, 0.2) is 24.4 Å². The van der Waals surface area contributed by atoms with Crippen LogP contribution < -0.4 is 4.90 Å². The summed E-state index contributed by atoms with van der Waals surface area (Å²) in [5.74, 6) is 1.06. The van der Waals surface area contributed by atoms with E-state index in [4.69, 9.17) is 0 Å². The fourth-order valence-electron chi connectivity index (χ4n) is 3.66. The van der Waals surface area contributed by atoms with Crippen LogP contribution in [0.4, 0.5) is 10.6 Å². The Kier molecular flexibility index (Phi) is 3.74. The van der Waals surface area contributed by atoms with Crippen LogP contribution in [0.25, 0.3) is 0 Å². The Morgan fingerprint density at radius 2 is 2.10 bits per heavy atom. The molecule has 0 N–H and O–H groups in total. The van der Waals surface area contributed by atoms with E-state index in [1.165, 1.54) is 12.8 Å². The van der Waals surface area contributed by atoms with E-state index in [0.717, 1.165) is 38.4 Å². The van der Waals surface area contributed by atoms with Crippen LogP contribution in [0.2, 0.25) is 0 Å². The van der Waals surface area contributed by atoms with Gasteiger partial charge < -0.3 is 14.7 Å². The number of aromatic nitrogens is 1. The summed E-state index contributed by atoms with van der Waals surface area (Å²) in [4.78, 5) is 22.7. The van der Waals surface area contributed by atoms with Crippen molar-refractivity contribution >= 4 is 11.8 Å². The van der Waals surface area contributed by atoms with E-state index in [1.807, 2.05) is 37.3 Å². The Morgan fingerprint density at radius 3 is 2.81 bits per heavy atom. The molecule has 0 radical (unpaired) electrons. The van der Waals surface area contributed by atoms with E-state index < -0.39 is 0 Å². The molecule has 2 amide bonds. The molecule has 3 rings (SSSR count). The molecule has 0 bridgehead atoms. The van der Waals surface area contributed by atoms with Crippen LogP contribution in [0.3, 0.4) is 0 Å². The number of rotatable bonds is 1. The number of carbonyl (C=O) groups excluding carboxylic acids is 1. The number of hydrogen-bond donors (Lipinski definition) is 0. The van der Waals surface area contributed by atoms with Crippen molar-refractivity contribution in [3.63, 3.8) is 0 Å². The van der Waals surface area contributed by atoms with Crippen molar-refractivity contribution in [2.75, 3.05) is 45.2 Å². The van der Waals surface area contributed by atoms with Gasteiger partial charge >= 0.3 is 6.03 Å². The largest absolute Gasteiger partial charge is 0.356 e. The molecule has 1 spiro atoms. The molecule has 3 heterocycles. The van der Waals surface area contributed by atoms with Gasteiger partial charge in [-0.25, -0.2) is 9.78 Å². The number of carbonyl (C=O) groups is 1. The van der Waals surface area contributed by atoms with E-state index >= 15 is 0 Å². The number of hydrogen-bond acceptors (Lipinski definition) is 3. The number of nitrogens with zero attached hydrogens (tertiary/aromatic N) is 4. The Balaban J connectivity index is 1.70. The van der Waals surface area contributed by atoms with Crippen molar-refractivity contribution in [2.24, 2.45) is 5.41 Å². The molecular formula is C16H24N4O. The number of anilines is 1. The molecule has 0 aromatic carbocycles. The monoisotopic (exact) mass is 288 g/mol. The van der Waals surface area contributed by atoms with Crippen molar-refractivity contribution < 1.29 is 4.79 Å². The molecule has 1 aromatic heterocycles. The molecule has 2 aliphatic heterocycles. The third kappa shape index (κ3) is 2.82. The smallest absolute Gasteiger partial charge is 0.319 e. The zero-order valence-corrected chi connectivity index (χ0v) is 13.0. The van der Waals surface area contributed by atoms with E-state index in [0.29, 0.717) is 0 Å². The third-order valence-corrected chi connectivity index (χ3v) is 4.73. The minimum atomic E-state index is 0.141. The average molecular weight is 288 g/mol. The summed E-state index contributed by atoms with van der Waals surface area (Å²) in [6, 6.07) is 6.22. The van der Waals surface area contributed by atoms with Gasteiger partial charge in [0.2, 0.25) is 0 Å². The Bertz CT molecular complexity index is 504. The number of likely N-dealkylation sites (tertiary alicyclic amines) is 1. The normalized spacial score (nSPS) is 25.4. The molecule has 2 saturated heterocycles. The average Bonchev–Trinajstić information content (AvgIpc) is 2.90. The molecule has 2 fully saturated rings. The lowest BCUT2D eigenvalue weighted by Gasteiger charge is -2.41. The molecule has 2 aliphatic rings. The van der Waals surface area contributed by atoms with Gasteiger partial charge in [0.1, 0.15) is 5.82 Å².